The fraction of sp³-hybridized carbons (Fsp3) is 0.833. The molecule has 3 nitrogen and oxygen atoms in total. The Morgan fingerprint density at radius 1 is 1.10 bits per heavy atom. The topological polar surface area (TPSA) is 27.7 Å². The second-order valence-corrected chi connectivity index (χ2v) is 1.61. The maximum atomic E-state index is 4.91. The molecule has 0 aromatic carbocycles. The van der Waals surface area contributed by atoms with E-state index >= 15 is 0 Å². The van der Waals surface area contributed by atoms with E-state index in [1.54, 1.807) is 21.3 Å². The van der Waals surface area contributed by atoms with Gasteiger partial charge in [-0.3, -0.25) is 0 Å². The summed E-state index contributed by atoms with van der Waals surface area (Å²) in [5.74, 6) is 0. The molecule has 0 bridgehead atoms. The van der Waals surface area contributed by atoms with Gasteiger partial charge in [0, 0.05) is 43.0 Å². The van der Waals surface area contributed by atoms with Crippen molar-refractivity contribution in [3.63, 3.8) is 0 Å². The minimum absolute atomic E-state index is 0. The van der Waals surface area contributed by atoms with E-state index < -0.39 is 0 Å². The molecule has 0 aromatic heterocycles. The molecule has 0 rings (SSSR count). The zero-order valence-corrected chi connectivity index (χ0v) is 8.36. The second-order valence-electron chi connectivity index (χ2n) is 1.61. The van der Waals surface area contributed by atoms with Crippen molar-refractivity contribution >= 4 is 0 Å². The first kappa shape index (κ1) is 13.2. The van der Waals surface area contributed by atoms with E-state index in [9.17, 15) is 0 Å². The summed E-state index contributed by atoms with van der Waals surface area (Å²) in [6.45, 7) is 1.85. The number of hydrogen-bond acceptors (Lipinski definition) is 3. The third kappa shape index (κ3) is 4.42. The number of ether oxygens (including phenoxy) is 3. The SMILES string of the molecule is CO[C-](OC)C(C)OC.[Ti]. The van der Waals surface area contributed by atoms with Gasteiger partial charge < -0.3 is 14.2 Å². The third-order valence-electron chi connectivity index (χ3n) is 1.09. The van der Waals surface area contributed by atoms with Gasteiger partial charge in [-0.15, -0.1) is 0 Å². The molecule has 0 spiro atoms. The first-order valence-corrected chi connectivity index (χ1v) is 2.73. The molecule has 1 unspecified atom stereocenters. The molecule has 10 heavy (non-hydrogen) atoms. The average molecular weight is 181 g/mol. The molecule has 0 saturated heterocycles. The standard InChI is InChI=1S/C6H13O3.Ti/c1-5(7-2)6(8-3)9-4;/h5H,1-4H3;/q-1;. The third-order valence-corrected chi connectivity index (χ3v) is 1.09. The summed E-state index contributed by atoms with van der Waals surface area (Å²) in [5.41, 5.74) is 0. The van der Waals surface area contributed by atoms with Crippen molar-refractivity contribution in [2.45, 2.75) is 13.0 Å². The normalized spacial score (nSPS) is 12.9. The van der Waals surface area contributed by atoms with Gasteiger partial charge in [-0.05, 0) is 6.10 Å². The van der Waals surface area contributed by atoms with E-state index in [4.69, 9.17) is 14.2 Å². The minimum Gasteiger partial charge on any atom is -0.522 e. The minimum atomic E-state index is -0.0972. The molecule has 0 saturated carbocycles. The Labute approximate surface area is 76.9 Å². The zero-order valence-electron chi connectivity index (χ0n) is 6.80. The number of rotatable bonds is 4. The monoisotopic (exact) mass is 181 g/mol. The van der Waals surface area contributed by atoms with Crippen molar-refractivity contribution < 1.29 is 35.9 Å². The second kappa shape index (κ2) is 7.70. The quantitative estimate of drug-likeness (QED) is 0.474. The van der Waals surface area contributed by atoms with Crippen molar-refractivity contribution in [1.82, 2.24) is 0 Å². The molecule has 0 amide bonds. The van der Waals surface area contributed by atoms with Gasteiger partial charge in [0.2, 0.25) is 0 Å². The van der Waals surface area contributed by atoms with Crippen LogP contribution in [0, 0.1) is 6.29 Å². The van der Waals surface area contributed by atoms with Crippen molar-refractivity contribution in [1.29, 1.82) is 0 Å². The van der Waals surface area contributed by atoms with Gasteiger partial charge in [-0.1, -0.05) is 13.2 Å². The molecule has 4 heteroatoms. The van der Waals surface area contributed by atoms with E-state index in [2.05, 4.69) is 0 Å². The van der Waals surface area contributed by atoms with Gasteiger partial charge in [0.05, 0.1) is 0 Å². The van der Waals surface area contributed by atoms with Gasteiger partial charge >= 0.3 is 0 Å². The van der Waals surface area contributed by atoms with Gasteiger partial charge in [0.1, 0.15) is 0 Å². The Kier molecular flexibility index (Phi) is 10.2. The van der Waals surface area contributed by atoms with Crippen LogP contribution in [0.4, 0.5) is 0 Å². The average Bonchev–Trinajstić information content (AvgIpc) is 1.90. The van der Waals surface area contributed by atoms with Gasteiger partial charge in [-0.25, -0.2) is 0 Å². The predicted octanol–water partition coefficient (Wildman–Crippen LogP) is 0.801. The Morgan fingerprint density at radius 3 is 1.60 bits per heavy atom. The van der Waals surface area contributed by atoms with Crippen molar-refractivity contribution in [3.05, 3.63) is 6.29 Å². The summed E-state index contributed by atoms with van der Waals surface area (Å²) in [6.07, 6.45) is 0.400. The largest absolute Gasteiger partial charge is 0.522 e. The van der Waals surface area contributed by atoms with Crippen LogP contribution in [0.2, 0.25) is 0 Å². The van der Waals surface area contributed by atoms with Crippen molar-refractivity contribution in [2.24, 2.45) is 0 Å². The van der Waals surface area contributed by atoms with E-state index in [1.165, 1.54) is 0 Å². The molecule has 0 radical (unpaired) electrons. The summed E-state index contributed by atoms with van der Waals surface area (Å²) >= 11 is 0. The maximum Gasteiger partial charge on any atom is 0.0325 e. The summed E-state index contributed by atoms with van der Waals surface area (Å²) < 4.78 is 14.6. The molecule has 60 valence electrons. The molecule has 0 heterocycles. The Balaban J connectivity index is 0. The number of hydrogen-bond donors (Lipinski definition) is 0. The summed E-state index contributed by atoms with van der Waals surface area (Å²) in [4.78, 5) is 0. The van der Waals surface area contributed by atoms with Crippen LogP contribution in [-0.4, -0.2) is 27.4 Å². The van der Waals surface area contributed by atoms with E-state index in [-0.39, 0.29) is 27.8 Å². The smallest absolute Gasteiger partial charge is 0.0325 e. The fourth-order valence-electron chi connectivity index (χ4n) is 0.511. The number of methoxy groups -OCH3 is 3. The predicted molar refractivity (Wildman–Crippen MR) is 33.7 cm³/mol. The molecule has 0 aromatic rings. The van der Waals surface area contributed by atoms with Gasteiger partial charge in [-0.2, -0.15) is 0 Å². The van der Waals surface area contributed by atoms with Gasteiger partial charge in [0.15, 0.2) is 0 Å². The van der Waals surface area contributed by atoms with Crippen LogP contribution in [-0.2, 0) is 35.9 Å². The summed E-state index contributed by atoms with van der Waals surface area (Å²) in [5, 5.41) is 0. The molecular weight excluding hydrogens is 168 g/mol. The maximum absolute atomic E-state index is 4.91. The van der Waals surface area contributed by atoms with Crippen molar-refractivity contribution in [2.75, 3.05) is 21.3 Å². The first-order chi connectivity index (χ1) is 4.26. The Bertz CT molecular complexity index is 66.0. The van der Waals surface area contributed by atoms with Crippen LogP contribution >= 0.6 is 0 Å². The van der Waals surface area contributed by atoms with Crippen molar-refractivity contribution in [3.8, 4) is 0 Å². The molecule has 1 atom stereocenters. The molecule has 0 fully saturated rings. The van der Waals surface area contributed by atoms with Gasteiger partial charge in [0.25, 0.3) is 0 Å². The Hall–Kier alpha value is 0.594. The summed E-state index contributed by atoms with van der Waals surface area (Å²) in [7, 11) is 4.70. The zero-order chi connectivity index (χ0) is 7.28. The van der Waals surface area contributed by atoms with Crippen LogP contribution in [0.3, 0.4) is 0 Å². The molecular formula is C6H13O3Ti-. The van der Waals surface area contributed by atoms with E-state index in [0.29, 0.717) is 6.29 Å². The molecule has 0 aliphatic rings. The molecule has 0 aliphatic heterocycles. The van der Waals surface area contributed by atoms with Crippen LogP contribution in [0.25, 0.3) is 0 Å². The first-order valence-electron chi connectivity index (χ1n) is 2.73. The molecule has 0 aliphatic carbocycles. The fourth-order valence-corrected chi connectivity index (χ4v) is 0.511. The van der Waals surface area contributed by atoms with Crippen LogP contribution in [0.5, 0.6) is 0 Å². The summed E-state index contributed by atoms with van der Waals surface area (Å²) in [6, 6.07) is 0. The Morgan fingerprint density at radius 2 is 1.50 bits per heavy atom. The van der Waals surface area contributed by atoms with E-state index in [0.717, 1.165) is 0 Å². The van der Waals surface area contributed by atoms with Crippen LogP contribution in [0.15, 0.2) is 0 Å². The van der Waals surface area contributed by atoms with Crippen LogP contribution in [0.1, 0.15) is 6.92 Å². The van der Waals surface area contributed by atoms with Crippen LogP contribution < -0.4 is 0 Å². The van der Waals surface area contributed by atoms with E-state index in [1.807, 2.05) is 6.92 Å². The molecule has 0 N–H and O–H groups in total.